The Bertz CT molecular complexity index is 401. The number of hydrogen-bond acceptors (Lipinski definition) is 6. The molecule has 1 aliphatic rings. The molecule has 0 saturated carbocycles. The van der Waals surface area contributed by atoms with Gasteiger partial charge in [0.2, 0.25) is 0 Å². The molecule has 1 saturated heterocycles. The van der Waals surface area contributed by atoms with Gasteiger partial charge in [0, 0.05) is 6.61 Å². The van der Waals surface area contributed by atoms with Crippen LogP contribution in [0.15, 0.2) is 4.52 Å². The lowest BCUT2D eigenvalue weighted by atomic mass is 10.2. The Morgan fingerprint density at radius 1 is 1.67 bits per heavy atom. The molecule has 7 nitrogen and oxygen atoms in total. The van der Waals surface area contributed by atoms with Crippen molar-refractivity contribution in [3.8, 4) is 0 Å². The highest BCUT2D eigenvalue weighted by Crippen LogP contribution is 2.13. The molecule has 0 aromatic carbocycles. The number of hydrogen-bond donors (Lipinski definition) is 1. The Morgan fingerprint density at radius 3 is 3.11 bits per heavy atom. The van der Waals surface area contributed by atoms with Crippen LogP contribution in [-0.4, -0.2) is 41.5 Å². The van der Waals surface area contributed by atoms with Crippen molar-refractivity contribution < 1.29 is 18.8 Å². The Kier molecular flexibility index (Phi) is 4.27. The van der Waals surface area contributed by atoms with Gasteiger partial charge in [0.15, 0.2) is 5.82 Å². The van der Waals surface area contributed by atoms with E-state index in [0.29, 0.717) is 12.4 Å². The van der Waals surface area contributed by atoms with Gasteiger partial charge in [-0.25, -0.2) is 0 Å². The summed E-state index contributed by atoms with van der Waals surface area (Å²) in [5, 5.41) is 6.07. The fourth-order valence-corrected chi connectivity index (χ4v) is 1.66. The highest BCUT2D eigenvalue weighted by atomic mass is 16.5. The van der Waals surface area contributed by atoms with Crippen molar-refractivity contribution in [2.75, 3.05) is 18.5 Å². The fraction of sp³-hybridized carbons (Fsp3) is 0.727. The first kappa shape index (κ1) is 13.0. The summed E-state index contributed by atoms with van der Waals surface area (Å²) in [5.41, 5.74) is 0. The number of nitrogens with zero attached hydrogens (tertiary/aromatic N) is 2. The van der Waals surface area contributed by atoms with Crippen molar-refractivity contribution >= 4 is 11.9 Å². The number of carbonyl (C=O) groups is 1. The van der Waals surface area contributed by atoms with Gasteiger partial charge in [0.05, 0.1) is 12.7 Å². The van der Waals surface area contributed by atoms with Crippen LogP contribution in [0.2, 0.25) is 0 Å². The largest absolute Gasteiger partial charge is 0.376 e. The van der Waals surface area contributed by atoms with Crippen LogP contribution in [0.3, 0.4) is 0 Å². The monoisotopic (exact) mass is 255 g/mol. The second-order valence-electron chi connectivity index (χ2n) is 4.25. The third-order valence-electron chi connectivity index (χ3n) is 2.68. The van der Waals surface area contributed by atoms with E-state index in [4.69, 9.17) is 14.0 Å². The van der Waals surface area contributed by atoms with Crippen LogP contribution in [-0.2, 0) is 14.3 Å². The van der Waals surface area contributed by atoms with Crippen LogP contribution in [0, 0.1) is 6.92 Å². The van der Waals surface area contributed by atoms with Gasteiger partial charge in [-0.2, -0.15) is 4.98 Å². The minimum Gasteiger partial charge on any atom is -0.376 e. The first-order chi connectivity index (χ1) is 8.65. The zero-order valence-electron chi connectivity index (χ0n) is 10.5. The van der Waals surface area contributed by atoms with E-state index >= 15 is 0 Å². The summed E-state index contributed by atoms with van der Waals surface area (Å²) in [5.74, 6) is 0.162. The summed E-state index contributed by atoms with van der Waals surface area (Å²) >= 11 is 0. The number of amides is 1. The fourth-order valence-electron chi connectivity index (χ4n) is 1.66. The molecule has 2 atom stereocenters. The van der Waals surface area contributed by atoms with E-state index in [1.807, 2.05) is 0 Å². The minimum absolute atomic E-state index is 0.0880. The molecule has 1 aliphatic heterocycles. The highest BCUT2D eigenvalue weighted by Gasteiger charge is 2.20. The van der Waals surface area contributed by atoms with E-state index in [1.165, 1.54) is 0 Å². The van der Waals surface area contributed by atoms with Crippen molar-refractivity contribution in [2.45, 2.75) is 38.9 Å². The standard InChI is InChI=1S/C11H17N3O4/c1-7(17-6-9-4-3-5-16-9)10(15)13-11-12-8(2)14-18-11/h7,9H,3-6H2,1-2H3,(H,12,13,14,15). The molecule has 0 bridgehead atoms. The molecule has 1 aromatic heterocycles. The number of aryl methyl sites for hydroxylation is 1. The maximum atomic E-state index is 11.7. The molecule has 2 unspecified atom stereocenters. The average molecular weight is 255 g/mol. The Balaban J connectivity index is 1.74. The first-order valence-corrected chi connectivity index (χ1v) is 5.99. The second kappa shape index (κ2) is 5.92. The summed E-state index contributed by atoms with van der Waals surface area (Å²) in [6, 6.07) is 0.0880. The van der Waals surface area contributed by atoms with E-state index in [0.717, 1.165) is 19.4 Å². The third kappa shape index (κ3) is 3.51. The maximum absolute atomic E-state index is 11.7. The molecule has 100 valence electrons. The quantitative estimate of drug-likeness (QED) is 0.841. The van der Waals surface area contributed by atoms with Gasteiger partial charge < -0.3 is 14.0 Å². The molecule has 7 heteroatoms. The minimum atomic E-state index is -0.582. The van der Waals surface area contributed by atoms with E-state index in [9.17, 15) is 4.79 Å². The summed E-state index contributed by atoms with van der Waals surface area (Å²) in [6.07, 6.45) is 1.56. The smallest absolute Gasteiger partial charge is 0.328 e. The van der Waals surface area contributed by atoms with Gasteiger partial charge >= 0.3 is 6.01 Å². The molecule has 1 amide bonds. The lowest BCUT2D eigenvalue weighted by Gasteiger charge is -2.14. The molecular weight excluding hydrogens is 238 g/mol. The Hall–Kier alpha value is -1.47. The number of nitrogens with one attached hydrogen (secondary N) is 1. The maximum Gasteiger partial charge on any atom is 0.328 e. The normalized spacial score (nSPS) is 20.9. The molecule has 1 aromatic rings. The van der Waals surface area contributed by atoms with Crippen molar-refractivity contribution in [1.29, 1.82) is 0 Å². The van der Waals surface area contributed by atoms with Crippen molar-refractivity contribution in [2.24, 2.45) is 0 Å². The number of aromatic nitrogens is 2. The second-order valence-corrected chi connectivity index (χ2v) is 4.25. The van der Waals surface area contributed by atoms with Crippen LogP contribution in [0.25, 0.3) is 0 Å². The first-order valence-electron chi connectivity index (χ1n) is 5.99. The van der Waals surface area contributed by atoms with E-state index in [1.54, 1.807) is 13.8 Å². The van der Waals surface area contributed by atoms with Crippen LogP contribution >= 0.6 is 0 Å². The van der Waals surface area contributed by atoms with E-state index < -0.39 is 6.10 Å². The SMILES string of the molecule is Cc1noc(NC(=O)C(C)OCC2CCCO2)n1. The van der Waals surface area contributed by atoms with Crippen molar-refractivity contribution in [1.82, 2.24) is 10.1 Å². The van der Waals surface area contributed by atoms with Gasteiger partial charge in [0.1, 0.15) is 6.10 Å². The predicted molar refractivity (Wildman–Crippen MR) is 62.1 cm³/mol. The molecule has 2 rings (SSSR count). The average Bonchev–Trinajstić information content (AvgIpc) is 2.97. The highest BCUT2D eigenvalue weighted by molar-refractivity contribution is 5.91. The molecule has 2 heterocycles. The van der Waals surface area contributed by atoms with Gasteiger partial charge in [-0.3, -0.25) is 10.1 Å². The lowest BCUT2D eigenvalue weighted by molar-refractivity contribution is -0.128. The van der Waals surface area contributed by atoms with Crippen LogP contribution < -0.4 is 5.32 Å². The summed E-state index contributed by atoms with van der Waals surface area (Å²) in [7, 11) is 0. The molecular formula is C11H17N3O4. The van der Waals surface area contributed by atoms with Crippen LogP contribution in [0.1, 0.15) is 25.6 Å². The van der Waals surface area contributed by atoms with Gasteiger partial charge in [-0.15, -0.1) is 0 Å². The molecule has 18 heavy (non-hydrogen) atoms. The van der Waals surface area contributed by atoms with Gasteiger partial charge in [-0.05, 0) is 26.7 Å². The van der Waals surface area contributed by atoms with Crippen molar-refractivity contribution in [3.63, 3.8) is 0 Å². The third-order valence-corrected chi connectivity index (χ3v) is 2.68. The lowest BCUT2D eigenvalue weighted by Crippen LogP contribution is -2.30. The molecule has 0 aliphatic carbocycles. The number of carbonyl (C=O) groups excluding carboxylic acids is 1. The molecule has 0 spiro atoms. The predicted octanol–water partition coefficient (Wildman–Crippen LogP) is 0.901. The topological polar surface area (TPSA) is 86.5 Å². The number of anilines is 1. The molecule has 0 radical (unpaired) electrons. The van der Waals surface area contributed by atoms with Crippen LogP contribution in [0.4, 0.5) is 6.01 Å². The summed E-state index contributed by atoms with van der Waals surface area (Å²) in [4.78, 5) is 15.6. The zero-order chi connectivity index (χ0) is 13.0. The van der Waals surface area contributed by atoms with E-state index in [2.05, 4.69) is 15.5 Å². The summed E-state index contributed by atoms with van der Waals surface area (Å²) in [6.45, 7) is 4.55. The number of rotatable bonds is 5. The zero-order valence-corrected chi connectivity index (χ0v) is 10.5. The molecule has 1 N–H and O–H groups in total. The Morgan fingerprint density at radius 2 is 2.50 bits per heavy atom. The van der Waals surface area contributed by atoms with Crippen molar-refractivity contribution in [3.05, 3.63) is 5.82 Å². The molecule has 1 fully saturated rings. The van der Waals surface area contributed by atoms with Gasteiger partial charge in [-0.1, -0.05) is 5.16 Å². The van der Waals surface area contributed by atoms with Crippen LogP contribution in [0.5, 0.6) is 0 Å². The Labute approximate surface area is 105 Å². The van der Waals surface area contributed by atoms with Gasteiger partial charge in [0.25, 0.3) is 5.91 Å². The summed E-state index contributed by atoms with van der Waals surface area (Å²) < 4.78 is 15.6. The number of ether oxygens (including phenoxy) is 2. The van der Waals surface area contributed by atoms with E-state index in [-0.39, 0.29) is 18.0 Å².